The number of nitro benzene ring substituents is 2. The number of nitrogens with zero attached hydrogens (tertiary/aromatic N) is 4. The summed E-state index contributed by atoms with van der Waals surface area (Å²) in [4.78, 5) is 31.8. The second-order valence-electron chi connectivity index (χ2n) is 7.49. The Kier molecular flexibility index (Phi) is 3.61. The van der Waals surface area contributed by atoms with Crippen LogP contribution in [0.4, 0.5) is 22.7 Å². The normalized spacial score (nSPS) is 12.1. The van der Waals surface area contributed by atoms with E-state index in [0.717, 1.165) is 16.8 Å². The molecule has 4 aromatic carbocycles. The van der Waals surface area contributed by atoms with E-state index in [1.807, 2.05) is 36.4 Å². The van der Waals surface area contributed by atoms with Crippen LogP contribution in [0.15, 0.2) is 82.8 Å². The third-order valence-corrected chi connectivity index (χ3v) is 5.77. The standard InChI is InChI=1S/C24H12N4O4/c29-27(30)19-12-18-21(20(24(19)28(31)32)13-6-2-1-3-7-13)22-17(25-18)11-10-15-14-8-4-5-9-16(14)26-23(15)22/h1-12H. The van der Waals surface area contributed by atoms with Gasteiger partial charge in [-0.25, -0.2) is 9.98 Å². The fourth-order valence-corrected chi connectivity index (χ4v) is 4.50. The predicted molar refractivity (Wildman–Crippen MR) is 116 cm³/mol. The second-order valence-corrected chi connectivity index (χ2v) is 7.49. The van der Waals surface area contributed by atoms with Crippen molar-refractivity contribution in [1.29, 1.82) is 0 Å². The van der Waals surface area contributed by atoms with Crippen LogP contribution in [0.2, 0.25) is 0 Å². The summed E-state index contributed by atoms with van der Waals surface area (Å²) in [5.74, 6) is 0. The molecule has 0 saturated carbocycles. The van der Waals surface area contributed by atoms with Crippen LogP contribution >= 0.6 is 0 Å². The van der Waals surface area contributed by atoms with Crippen molar-refractivity contribution in [2.45, 2.75) is 0 Å². The molecule has 2 heterocycles. The molecule has 0 radical (unpaired) electrons. The molecule has 0 aromatic heterocycles. The molecule has 0 atom stereocenters. The number of fused-ring (bicyclic) bond motifs is 6. The first-order valence-corrected chi connectivity index (χ1v) is 9.80. The molecule has 2 aliphatic rings. The van der Waals surface area contributed by atoms with Crippen molar-refractivity contribution >= 4 is 22.7 Å². The van der Waals surface area contributed by atoms with Gasteiger partial charge in [0.2, 0.25) is 0 Å². The average Bonchev–Trinajstić information content (AvgIpc) is 3.36. The predicted octanol–water partition coefficient (Wildman–Crippen LogP) is 4.65. The van der Waals surface area contributed by atoms with E-state index < -0.39 is 21.2 Å². The molecule has 6 rings (SSSR count). The summed E-state index contributed by atoms with van der Waals surface area (Å²) in [5.41, 5.74) is 2.83. The van der Waals surface area contributed by atoms with E-state index in [2.05, 4.69) is 4.99 Å². The number of para-hydroxylation sites is 1. The van der Waals surface area contributed by atoms with Crippen LogP contribution in [0.5, 0.6) is 0 Å². The van der Waals surface area contributed by atoms with Gasteiger partial charge in [-0.2, -0.15) is 0 Å². The third kappa shape index (κ3) is 2.37. The molecule has 0 saturated heterocycles. The lowest BCUT2D eigenvalue weighted by molar-refractivity contribution is -0.422. The highest BCUT2D eigenvalue weighted by Crippen LogP contribution is 2.40. The molecule has 8 heteroatoms. The van der Waals surface area contributed by atoms with Gasteiger partial charge in [-0.3, -0.25) is 20.2 Å². The number of nitro groups is 2. The topological polar surface area (TPSA) is 111 Å². The molecule has 0 N–H and O–H groups in total. The Labute approximate surface area is 179 Å². The van der Waals surface area contributed by atoms with Gasteiger partial charge in [0.25, 0.3) is 0 Å². The largest absolute Gasteiger partial charge is 0.354 e. The van der Waals surface area contributed by atoms with Gasteiger partial charge in [-0.15, -0.1) is 0 Å². The summed E-state index contributed by atoms with van der Waals surface area (Å²) in [7, 11) is 0. The SMILES string of the molecule is O=[N+]([O-])c1cc2c(c(-c3ccccc3)c1[N+](=O)[O-])=c1c(ccc3c1=Nc1ccccc1-3)N=2. The van der Waals surface area contributed by atoms with E-state index in [9.17, 15) is 20.2 Å². The molecule has 4 aromatic rings. The maximum absolute atomic E-state index is 12.1. The van der Waals surface area contributed by atoms with Crippen molar-refractivity contribution in [3.63, 3.8) is 0 Å². The van der Waals surface area contributed by atoms with E-state index in [1.54, 1.807) is 30.3 Å². The Morgan fingerprint density at radius 2 is 1.44 bits per heavy atom. The Morgan fingerprint density at radius 1 is 0.688 bits per heavy atom. The zero-order chi connectivity index (χ0) is 22.0. The third-order valence-electron chi connectivity index (χ3n) is 5.77. The summed E-state index contributed by atoms with van der Waals surface area (Å²) in [6.07, 6.45) is 0. The van der Waals surface area contributed by atoms with Crippen LogP contribution in [0.25, 0.3) is 22.3 Å². The minimum Gasteiger partial charge on any atom is -0.258 e. The molecule has 0 unspecified atom stereocenters. The Morgan fingerprint density at radius 3 is 2.19 bits per heavy atom. The summed E-state index contributed by atoms with van der Waals surface area (Å²) in [5, 5.41) is 26.0. The highest BCUT2D eigenvalue weighted by Gasteiger charge is 2.33. The van der Waals surface area contributed by atoms with Crippen molar-refractivity contribution in [3.05, 3.63) is 114 Å². The summed E-state index contributed by atoms with van der Waals surface area (Å²) < 4.78 is 0. The van der Waals surface area contributed by atoms with E-state index in [4.69, 9.17) is 4.99 Å². The van der Waals surface area contributed by atoms with Gasteiger partial charge >= 0.3 is 11.4 Å². The lowest BCUT2D eigenvalue weighted by Gasteiger charge is -2.05. The lowest BCUT2D eigenvalue weighted by atomic mass is 9.97. The molecule has 0 fully saturated rings. The smallest absolute Gasteiger partial charge is 0.258 e. The molecule has 0 amide bonds. The van der Waals surface area contributed by atoms with Crippen LogP contribution in [0, 0.1) is 30.7 Å². The van der Waals surface area contributed by atoms with Gasteiger partial charge in [0.1, 0.15) is 0 Å². The summed E-state index contributed by atoms with van der Waals surface area (Å²) in [6, 6.07) is 21.3. The molecule has 0 bridgehead atoms. The molecule has 0 spiro atoms. The van der Waals surface area contributed by atoms with Crippen LogP contribution < -0.4 is 10.7 Å². The monoisotopic (exact) mass is 420 g/mol. The van der Waals surface area contributed by atoms with Crippen molar-refractivity contribution < 1.29 is 9.85 Å². The van der Waals surface area contributed by atoms with Crippen LogP contribution in [0.1, 0.15) is 0 Å². The maximum Gasteiger partial charge on any atom is 0.354 e. The van der Waals surface area contributed by atoms with Gasteiger partial charge < -0.3 is 0 Å². The van der Waals surface area contributed by atoms with Crippen LogP contribution in [-0.4, -0.2) is 9.85 Å². The minimum atomic E-state index is -0.728. The van der Waals surface area contributed by atoms with E-state index in [1.165, 1.54) is 6.07 Å². The highest BCUT2D eigenvalue weighted by molar-refractivity contribution is 5.83. The van der Waals surface area contributed by atoms with Crippen molar-refractivity contribution in [2.75, 3.05) is 0 Å². The van der Waals surface area contributed by atoms with Crippen molar-refractivity contribution in [1.82, 2.24) is 0 Å². The molecular weight excluding hydrogens is 408 g/mol. The Bertz CT molecular complexity index is 1730. The number of rotatable bonds is 3. The molecule has 152 valence electrons. The number of hydrogen-bond donors (Lipinski definition) is 0. The van der Waals surface area contributed by atoms with Gasteiger partial charge in [-0.1, -0.05) is 48.5 Å². The molecule has 0 aliphatic carbocycles. The highest BCUT2D eigenvalue weighted by atomic mass is 16.6. The number of hydrogen-bond acceptors (Lipinski definition) is 6. The first-order chi connectivity index (χ1) is 15.5. The summed E-state index contributed by atoms with van der Waals surface area (Å²) in [6.45, 7) is 0. The molecule has 32 heavy (non-hydrogen) atoms. The Hall–Kier alpha value is -4.72. The van der Waals surface area contributed by atoms with Crippen LogP contribution in [-0.2, 0) is 0 Å². The fourth-order valence-electron chi connectivity index (χ4n) is 4.50. The summed E-state index contributed by atoms with van der Waals surface area (Å²) >= 11 is 0. The van der Waals surface area contributed by atoms with Crippen LogP contribution in [0.3, 0.4) is 0 Å². The zero-order valence-corrected chi connectivity index (χ0v) is 16.4. The first-order valence-electron chi connectivity index (χ1n) is 9.80. The molecule has 8 nitrogen and oxygen atoms in total. The minimum absolute atomic E-state index is 0.182. The number of benzene rings is 4. The average molecular weight is 420 g/mol. The van der Waals surface area contributed by atoms with Gasteiger partial charge in [0, 0.05) is 27.6 Å². The van der Waals surface area contributed by atoms with Gasteiger partial charge in [0.15, 0.2) is 0 Å². The van der Waals surface area contributed by atoms with Crippen molar-refractivity contribution in [3.8, 4) is 22.3 Å². The zero-order valence-electron chi connectivity index (χ0n) is 16.4. The fraction of sp³-hybridized carbons (Fsp3) is 0. The van der Waals surface area contributed by atoms with Gasteiger partial charge in [0.05, 0.1) is 37.5 Å². The maximum atomic E-state index is 12.1. The Balaban J connectivity index is 1.92. The molecular formula is C24H12N4O4. The quantitative estimate of drug-likeness (QED) is 0.306. The first kappa shape index (κ1) is 18.1. The van der Waals surface area contributed by atoms with Crippen molar-refractivity contribution in [2.24, 2.45) is 9.98 Å². The van der Waals surface area contributed by atoms with E-state index in [0.29, 0.717) is 32.4 Å². The van der Waals surface area contributed by atoms with Gasteiger partial charge in [-0.05, 0) is 23.8 Å². The lowest BCUT2D eigenvalue weighted by Crippen LogP contribution is -2.11. The van der Waals surface area contributed by atoms with E-state index in [-0.39, 0.29) is 5.56 Å². The molecule has 2 aliphatic heterocycles. The van der Waals surface area contributed by atoms with E-state index >= 15 is 0 Å². The second kappa shape index (κ2) is 6.39.